The van der Waals surface area contributed by atoms with Crippen molar-refractivity contribution in [1.82, 2.24) is 10.3 Å². The summed E-state index contributed by atoms with van der Waals surface area (Å²) in [5, 5.41) is 4.60. The maximum absolute atomic E-state index is 12.8. The van der Waals surface area contributed by atoms with E-state index in [9.17, 15) is 13.2 Å². The normalized spacial score (nSPS) is 19.7. The second kappa shape index (κ2) is 7.73. The van der Waals surface area contributed by atoms with Crippen LogP contribution in [0.2, 0.25) is 0 Å². The number of halogens is 3. The van der Waals surface area contributed by atoms with E-state index in [1.807, 2.05) is 0 Å². The van der Waals surface area contributed by atoms with E-state index in [4.69, 9.17) is 16.3 Å². The molecule has 0 atom stereocenters. The molecule has 0 aliphatic carbocycles. The third kappa shape index (κ3) is 4.41. The monoisotopic (exact) mass is 364 g/mol. The fraction of sp³-hybridized carbons (Fsp3) is 0.600. The lowest BCUT2D eigenvalue weighted by Crippen LogP contribution is -2.43. The number of nitrogens with two attached hydrogens (primary N) is 2. The van der Waals surface area contributed by atoms with E-state index < -0.39 is 16.7 Å². The van der Waals surface area contributed by atoms with Crippen molar-refractivity contribution in [1.29, 1.82) is 0 Å². The molecule has 1 saturated heterocycles. The lowest BCUT2D eigenvalue weighted by atomic mass is 9.86. The topological polar surface area (TPSA) is 76.5 Å². The van der Waals surface area contributed by atoms with Gasteiger partial charge in [0.1, 0.15) is 10.5 Å². The summed E-state index contributed by atoms with van der Waals surface area (Å²) in [5.74, 6) is 5.07. The first-order valence-corrected chi connectivity index (χ1v) is 8.51. The van der Waals surface area contributed by atoms with Gasteiger partial charge in [0.05, 0.1) is 6.61 Å². The molecule has 0 bridgehead atoms. The van der Waals surface area contributed by atoms with Crippen LogP contribution in [0.1, 0.15) is 28.2 Å². The molecule has 3 heterocycles. The van der Waals surface area contributed by atoms with Crippen LogP contribution < -0.4 is 16.9 Å². The first-order chi connectivity index (χ1) is 11.3. The van der Waals surface area contributed by atoms with Gasteiger partial charge in [-0.1, -0.05) is 0 Å². The van der Waals surface area contributed by atoms with Gasteiger partial charge in [-0.2, -0.15) is 13.2 Å². The average molecular weight is 364 g/mol. The molecule has 2 aliphatic heterocycles. The maximum Gasteiger partial charge on any atom is 0.425 e. The standard InChI is InChI=1S/C12H14F3NOS.C3H9N3/c13-12(14,15)9-7-8-1-6-17-11(10(8)18-9)2-4-16-5-3-11;1-6(5)3-2-4/h7,16H,1-6H2;2-3H,4-5H2,1H3/b;3-2-. The van der Waals surface area contributed by atoms with Gasteiger partial charge in [0.25, 0.3) is 0 Å². The number of ether oxygens (including phenoxy) is 1. The first kappa shape index (κ1) is 19.0. The van der Waals surface area contributed by atoms with E-state index in [0.29, 0.717) is 13.0 Å². The van der Waals surface area contributed by atoms with E-state index >= 15 is 0 Å². The summed E-state index contributed by atoms with van der Waals surface area (Å²) < 4.78 is 44.2. The minimum Gasteiger partial charge on any atom is -0.403 e. The molecule has 24 heavy (non-hydrogen) atoms. The Bertz CT molecular complexity index is 566. The summed E-state index contributed by atoms with van der Waals surface area (Å²) in [6.45, 7) is 2.14. The van der Waals surface area contributed by atoms with Crippen molar-refractivity contribution in [3.8, 4) is 0 Å². The number of fused-ring (bicyclic) bond motifs is 2. The van der Waals surface area contributed by atoms with Crippen LogP contribution in [0.25, 0.3) is 0 Å². The van der Waals surface area contributed by atoms with Crippen LogP contribution in [-0.4, -0.2) is 31.8 Å². The molecule has 0 unspecified atom stereocenters. The maximum atomic E-state index is 12.8. The summed E-state index contributed by atoms with van der Waals surface area (Å²) in [7, 11) is 1.70. The van der Waals surface area contributed by atoms with E-state index in [0.717, 1.165) is 47.7 Å². The van der Waals surface area contributed by atoms with E-state index in [1.165, 1.54) is 17.3 Å². The molecule has 2 aliphatic rings. The number of nitrogens with zero attached hydrogens (tertiary/aromatic N) is 1. The molecular weight excluding hydrogens is 341 g/mol. The van der Waals surface area contributed by atoms with Gasteiger partial charge in [-0.05, 0) is 44.0 Å². The van der Waals surface area contributed by atoms with Crippen LogP contribution in [0.4, 0.5) is 13.2 Å². The highest BCUT2D eigenvalue weighted by Gasteiger charge is 2.43. The highest BCUT2D eigenvalue weighted by Crippen LogP contribution is 2.47. The number of nitrogens with one attached hydrogen (secondary N) is 1. The van der Waals surface area contributed by atoms with Gasteiger partial charge < -0.3 is 20.8 Å². The SMILES string of the molecule is CN(N)/C=C\N.FC(F)(F)c1cc2c(s1)C1(CCNCC1)OCC2. The van der Waals surface area contributed by atoms with Crippen molar-refractivity contribution < 1.29 is 17.9 Å². The van der Waals surface area contributed by atoms with E-state index in [1.54, 1.807) is 13.2 Å². The van der Waals surface area contributed by atoms with Crippen molar-refractivity contribution in [2.45, 2.75) is 31.0 Å². The summed E-state index contributed by atoms with van der Waals surface area (Å²) in [5.41, 5.74) is 5.30. The Morgan fingerprint density at radius 3 is 2.54 bits per heavy atom. The number of rotatable bonds is 1. The smallest absolute Gasteiger partial charge is 0.403 e. The van der Waals surface area contributed by atoms with Gasteiger partial charge in [0, 0.05) is 24.3 Å². The van der Waals surface area contributed by atoms with Gasteiger partial charge in [-0.25, -0.2) is 5.84 Å². The predicted octanol–water partition coefficient (Wildman–Crippen LogP) is 2.14. The number of hydrazine groups is 1. The molecule has 5 N–H and O–H groups in total. The number of thiophene rings is 1. The second-order valence-electron chi connectivity index (χ2n) is 5.81. The van der Waals surface area contributed by atoms with Crippen LogP contribution in [0.15, 0.2) is 18.5 Å². The van der Waals surface area contributed by atoms with Crippen LogP contribution in [0, 0.1) is 0 Å². The predicted molar refractivity (Wildman–Crippen MR) is 88.0 cm³/mol. The molecule has 5 nitrogen and oxygen atoms in total. The number of alkyl halides is 3. The summed E-state index contributed by atoms with van der Waals surface area (Å²) >= 11 is 0.870. The molecule has 1 fully saturated rings. The molecule has 1 aromatic rings. The Labute approximate surface area is 143 Å². The number of piperidine rings is 1. The van der Waals surface area contributed by atoms with Gasteiger partial charge in [-0.15, -0.1) is 11.3 Å². The lowest BCUT2D eigenvalue weighted by Gasteiger charge is -2.40. The van der Waals surface area contributed by atoms with E-state index in [2.05, 4.69) is 5.32 Å². The van der Waals surface area contributed by atoms with Gasteiger partial charge in [-0.3, -0.25) is 0 Å². The number of hydrogen-bond acceptors (Lipinski definition) is 6. The molecule has 9 heteroatoms. The Kier molecular flexibility index (Phi) is 6.13. The fourth-order valence-electron chi connectivity index (χ4n) is 2.90. The molecule has 0 radical (unpaired) electrons. The molecule has 0 saturated carbocycles. The molecule has 3 rings (SSSR count). The molecule has 1 spiro atoms. The Morgan fingerprint density at radius 1 is 1.38 bits per heavy atom. The van der Waals surface area contributed by atoms with E-state index in [-0.39, 0.29) is 0 Å². The molecule has 0 aromatic carbocycles. The zero-order chi connectivity index (χ0) is 17.8. The Morgan fingerprint density at radius 2 is 2.04 bits per heavy atom. The second-order valence-corrected chi connectivity index (χ2v) is 6.86. The summed E-state index contributed by atoms with van der Waals surface area (Å²) in [6.07, 6.45) is 0.808. The van der Waals surface area contributed by atoms with Gasteiger partial charge in [0.2, 0.25) is 0 Å². The fourth-order valence-corrected chi connectivity index (χ4v) is 4.18. The summed E-state index contributed by atoms with van der Waals surface area (Å²) in [4.78, 5) is 0.318. The molecule has 0 amide bonds. The van der Waals surface area contributed by atoms with Gasteiger partial charge >= 0.3 is 6.18 Å². The Balaban J connectivity index is 0.000000301. The highest BCUT2D eigenvalue weighted by atomic mass is 32.1. The lowest BCUT2D eigenvalue weighted by molar-refractivity contribution is -0.134. The molecular formula is C15H23F3N4OS. The van der Waals surface area contributed by atoms with Gasteiger partial charge in [0.15, 0.2) is 0 Å². The largest absolute Gasteiger partial charge is 0.425 e. The highest BCUT2D eigenvalue weighted by molar-refractivity contribution is 7.12. The van der Waals surface area contributed by atoms with Crippen LogP contribution in [-0.2, 0) is 22.9 Å². The quantitative estimate of drug-likeness (QED) is 0.526. The van der Waals surface area contributed by atoms with Crippen LogP contribution >= 0.6 is 11.3 Å². The zero-order valence-corrected chi connectivity index (χ0v) is 14.3. The van der Waals surface area contributed by atoms with Crippen molar-refractivity contribution in [3.63, 3.8) is 0 Å². The van der Waals surface area contributed by atoms with Crippen molar-refractivity contribution in [2.75, 3.05) is 26.7 Å². The van der Waals surface area contributed by atoms with Crippen molar-refractivity contribution in [3.05, 3.63) is 33.8 Å². The zero-order valence-electron chi connectivity index (χ0n) is 13.5. The van der Waals surface area contributed by atoms with Crippen molar-refractivity contribution in [2.24, 2.45) is 11.6 Å². The molecule has 136 valence electrons. The third-order valence-corrected chi connectivity index (χ3v) is 5.39. The Hall–Kier alpha value is -1.29. The molecule has 1 aromatic heterocycles. The minimum atomic E-state index is -4.24. The number of hydrogen-bond donors (Lipinski definition) is 3. The van der Waals surface area contributed by atoms with Crippen LogP contribution in [0.3, 0.4) is 0 Å². The third-order valence-electron chi connectivity index (χ3n) is 3.98. The minimum absolute atomic E-state index is 0.465. The van der Waals surface area contributed by atoms with Crippen molar-refractivity contribution >= 4 is 11.3 Å². The average Bonchev–Trinajstić information content (AvgIpc) is 2.95. The summed E-state index contributed by atoms with van der Waals surface area (Å²) in [6, 6.07) is 1.31. The van der Waals surface area contributed by atoms with Crippen LogP contribution in [0.5, 0.6) is 0 Å². The first-order valence-electron chi connectivity index (χ1n) is 7.69.